The van der Waals surface area contributed by atoms with Crippen LogP contribution in [0.4, 0.5) is 5.82 Å². The lowest BCUT2D eigenvalue weighted by atomic mass is 9.94. The van der Waals surface area contributed by atoms with Crippen molar-refractivity contribution < 1.29 is 9.53 Å². The molecule has 0 aliphatic carbocycles. The van der Waals surface area contributed by atoms with Crippen LogP contribution in [-0.4, -0.2) is 54.9 Å². The number of piperidine rings is 1. The van der Waals surface area contributed by atoms with E-state index in [1.54, 1.807) is 12.1 Å². The summed E-state index contributed by atoms with van der Waals surface area (Å²) in [6.45, 7) is 3.28. The maximum absolute atomic E-state index is 11.2. The number of carbonyl (C=O) groups is 1. The van der Waals surface area contributed by atoms with Crippen molar-refractivity contribution >= 4 is 11.8 Å². The molecule has 0 saturated carbocycles. The molecule has 1 aromatic heterocycles. The molecule has 110 valence electrons. The third-order valence-electron chi connectivity index (χ3n) is 3.76. The molecule has 0 bridgehead atoms. The minimum absolute atomic E-state index is 0.230. The van der Waals surface area contributed by atoms with Gasteiger partial charge in [-0.05, 0) is 57.5 Å². The maximum atomic E-state index is 11.2. The van der Waals surface area contributed by atoms with E-state index in [1.165, 1.54) is 33.0 Å². The first-order valence-electron chi connectivity index (χ1n) is 7.03. The Kier molecular flexibility index (Phi) is 5.29. The van der Waals surface area contributed by atoms with E-state index >= 15 is 0 Å². The third-order valence-corrected chi connectivity index (χ3v) is 3.76. The molecule has 0 spiro atoms. The molecule has 1 aliphatic heterocycles. The SMILES string of the molecule is COC(=O)c1ccc(NCCC2CCN(C)CC2)nn1. The fourth-order valence-corrected chi connectivity index (χ4v) is 2.40. The van der Waals surface area contributed by atoms with Crippen molar-refractivity contribution in [1.29, 1.82) is 0 Å². The molecular formula is C14H22N4O2. The highest BCUT2D eigenvalue weighted by atomic mass is 16.5. The molecule has 1 N–H and O–H groups in total. The van der Waals surface area contributed by atoms with E-state index in [9.17, 15) is 4.79 Å². The summed E-state index contributed by atoms with van der Waals surface area (Å²) < 4.78 is 4.58. The summed E-state index contributed by atoms with van der Waals surface area (Å²) in [5.41, 5.74) is 0.230. The summed E-state index contributed by atoms with van der Waals surface area (Å²) in [5, 5.41) is 11.1. The molecule has 2 heterocycles. The number of aromatic nitrogens is 2. The lowest BCUT2D eigenvalue weighted by Crippen LogP contribution is -2.30. The normalized spacial score (nSPS) is 16.9. The smallest absolute Gasteiger partial charge is 0.358 e. The molecule has 1 saturated heterocycles. The standard InChI is InChI=1S/C14H22N4O2/c1-18-9-6-11(7-10-18)5-8-15-13-4-3-12(16-17-13)14(19)20-2/h3-4,11H,5-10H2,1-2H3,(H,15,17). The summed E-state index contributed by atoms with van der Waals surface area (Å²) in [6.07, 6.45) is 3.69. The summed E-state index contributed by atoms with van der Waals surface area (Å²) >= 11 is 0. The van der Waals surface area contributed by atoms with Crippen molar-refractivity contribution in [1.82, 2.24) is 15.1 Å². The van der Waals surface area contributed by atoms with E-state index in [0.29, 0.717) is 5.82 Å². The zero-order valence-corrected chi connectivity index (χ0v) is 12.1. The molecular weight excluding hydrogens is 256 g/mol. The van der Waals surface area contributed by atoms with Crippen molar-refractivity contribution in [3.05, 3.63) is 17.8 Å². The van der Waals surface area contributed by atoms with Crippen molar-refractivity contribution in [3.8, 4) is 0 Å². The second kappa shape index (κ2) is 7.19. The quantitative estimate of drug-likeness (QED) is 0.821. The molecule has 1 aliphatic rings. The monoisotopic (exact) mass is 278 g/mol. The van der Waals surface area contributed by atoms with Crippen LogP contribution in [0, 0.1) is 5.92 Å². The van der Waals surface area contributed by atoms with Gasteiger partial charge in [-0.3, -0.25) is 0 Å². The average molecular weight is 278 g/mol. The first-order valence-corrected chi connectivity index (χ1v) is 7.03. The largest absolute Gasteiger partial charge is 0.464 e. The van der Waals surface area contributed by atoms with Crippen LogP contribution in [0.3, 0.4) is 0 Å². The predicted molar refractivity (Wildman–Crippen MR) is 76.7 cm³/mol. The maximum Gasteiger partial charge on any atom is 0.358 e. The van der Waals surface area contributed by atoms with Crippen molar-refractivity contribution in [3.63, 3.8) is 0 Å². The lowest BCUT2D eigenvalue weighted by Gasteiger charge is -2.28. The number of ether oxygens (including phenoxy) is 1. The summed E-state index contributed by atoms with van der Waals surface area (Å²) in [7, 11) is 3.50. The molecule has 1 fully saturated rings. The van der Waals surface area contributed by atoms with Crippen LogP contribution in [0.5, 0.6) is 0 Å². The van der Waals surface area contributed by atoms with Crippen LogP contribution in [0.15, 0.2) is 12.1 Å². The van der Waals surface area contributed by atoms with Gasteiger partial charge in [0.15, 0.2) is 5.69 Å². The third kappa shape index (κ3) is 4.16. The van der Waals surface area contributed by atoms with Crippen LogP contribution in [0.1, 0.15) is 29.8 Å². The Labute approximate surface area is 119 Å². The van der Waals surface area contributed by atoms with Gasteiger partial charge in [-0.25, -0.2) is 4.79 Å². The van der Waals surface area contributed by atoms with E-state index in [-0.39, 0.29) is 5.69 Å². The van der Waals surface area contributed by atoms with E-state index in [2.05, 4.69) is 32.2 Å². The Hall–Kier alpha value is -1.69. The average Bonchev–Trinajstić information content (AvgIpc) is 2.49. The Bertz CT molecular complexity index is 427. The summed E-state index contributed by atoms with van der Waals surface area (Å²) in [5.74, 6) is 1.03. The Balaban J connectivity index is 1.73. The molecule has 1 aromatic rings. The highest BCUT2D eigenvalue weighted by Crippen LogP contribution is 2.19. The Morgan fingerprint density at radius 1 is 1.40 bits per heavy atom. The van der Waals surface area contributed by atoms with E-state index in [0.717, 1.165) is 18.9 Å². The topological polar surface area (TPSA) is 67.3 Å². The van der Waals surface area contributed by atoms with Gasteiger partial charge in [0.1, 0.15) is 5.82 Å². The minimum Gasteiger partial charge on any atom is -0.464 e. The van der Waals surface area contributed by atoms with Gasteiger partial charge in [0, 0.05) is 6.54 Å². The first-order chi connectivity index (χ1) is 9.69. The molecule has 0 amide bonds. The van der Waals surface area contributed by atoms with Gasteiger partial charge >= 0.3 is 5.97 Å². The van der Waals surface area contributed by atoms with E-state index in [4.69, 9.17) is 0 Å². The fourth-order valence-electron chi connectivity index (χ4n) is 2.40. The van der Waals surface area contributed by atoms with Gasteiger partial charge < -0.3 is 15.0 Å². The van der Waals surface area contributed by atoms with Gasteiger partial charge in [-0.1, -0.05) is 0 Å². The van der Waals surface area contributed by atoms with Crippen LogP contribution in [0.25, 0.3) is 0 Å². The summed E-state index contributed by atoms with van der Waals surface area (Å²) in [6, 6.07) is 3.38. The Morgan fingerprint density at radius 2 is 2.15 bits per heavy atom. The molecule has 0 radical (unpaired) electrons. The molecule has 0 atom stereocenters. The first kappa shape index (κ1) is 14.7. The number of rotatable bonds is 5. The summed E-state index contributed by atoms with van der Waals surface area (Å²) in [4.78, 5) is 13.6. The highest BCUT2D eigenvalue weighted by molar-refractivity contribution is 5.86. The van der Waals surface area contributed by atoms with E-state index in [1.807, 2.05) is 0 Å². The van der Waals surface area contributed by atoms with E-state index < -0.39 is 5.97 Å². The number of likely N-dealkylation sites (tertiary alicyclic amines) is 1. The molecule has 6 heteroatoms. The van der Waals surface area contributed by atoms with Crippen LogP contribution in [0.2, 0.25) is 0 Å². The minimum atomic E-state index is -0.463. The van der Waals surface area contributed by atoms with Crippen molar-refractivity contribution in [2.75, 3.05) is 39.1 Å². The Morgan fingerprint density at radius 3 is 2.75 bits per heavy atom. The number of esters is 1. The molecule has 0 aromatic carbocycles. The van der Waals surface area contributed by atoms with Gasteiger partial charge in [-0.2, -0.15) is 0 Å². The number of nitrogens with one attached hydrogen (secondary N) is 1. The highest BCUT2D eigenvalue weighted by Gasteiger charge is 2.16. The van der Waals surface area contributed by atoms with Gasteiger partial charge in [0.25, 0.3) is 0 Å². The number of hydrogen-bond acceptors (Lipinski definition) is 6. The molecule has 6 nitrogen and oxygen atoms in total. The van der Waals surface area contributed by atoms with Crippen molar-refractivity contribution in [2.45, 2.75) is 19.3 Å². The number of hydrogen-bond donors (Lipinski definition) is 1. The molecule has 20 heavy (non-hydrogen) atoms. The van der Waals surface area contributed by atoms with Gasteiger partial charge in [0.2, 0.25) is 0 Å². The number of methoxy groups -OCH3 is 1. The fraction of sp³-hybridized carbons (Fsp3) is 0.643. The number of anilines is 1. The lowest BCUT2D eigenvalue weighted by molar-refractivity contribution is 0.0593. The van der Waals surface area contributed by atoms with Crippen LogP contribution in [-0.2, 0) is 4.74 Å². The second-order valence-electron chi connectivity index (χ2n) is 5.26. The van der Waals surface area contributed by atoms with Crippen molar-refractivity contribution in [2.24, 2.45) is 5.92 Å². The predicted octanol–water partition coefficient (Wildman–Crippen LogP) is 1.41. The number of nitrogens with zero attached hydrogens (tertiary/aromatic N) is 3. The zero-order chi connectivity index (χ0) is 14.4. The van der Waals surface area contributed by atoms with Gasteiger partial charge in [-0.15, -0.1) is 10.2 Å². The second-order valence-corrected chi connectivity index (χ2v) is 5.26. The van der Waals surface area contributed by atoms with Gasteiger partial charge in [0.05, 0.1) is 7.11 Å². The zero-order valence-electron chi connectivity index (χ0n) is 12.1. The van der Waals surface area contributed by atoms with Crippen LogP contribution >= 0.6 is 0 Å². The molecule has 2 rings (SSSR count). The number of carbonyl (C=O) groups excluding carboxylic acids is 1. The van der Waals surface area contributed by atoms with Crippen LogP contribution < -0.4 is 5.32 Å². The molecule has 0 unspecified atom stereocenters.